The number of methoxy groups -OCH3 is 1. The smallest absolute Gasteiger partial charge is 0.338 e. The second kappa shape index (κ2) is 4.94. The lowest BCUT2D eigenvalue weighted by Gasteiger charge is -2.22. The number of benzene rings is 1. The highest BCUT2D eigenvalue weighted by Gasteiger charge is 2.19. The van der Waals surface area contributed by atoms with Crippen LogP contribution >= 0.6 is 0 Å². The van der Waals surface area contributed by atoms with Crippen molar-refractivity contribution in [2.75, 3.05) is 13.7 Å². The van der Waals surface area contributed by atoms with Gasteiger partial charge in [0.1, 0.15) is 6.61 Å². The van der Waals surface area contributed by atoms with E-state index in [2.05, 4.69) is 0 Å². The molecule has 1 aromatic rings. The van der Waals surface area contributed by atoms with Crippen molar-refractivity contribution in [1.29, 1.82) is 0 Å². The Hall–Kier alpha value is -1.35. The zero-order chi connectivity index (χ0) is 11.3. The highest BCUT2D eigenvalue weighted by molar-refractivity contribution is 5.89. The monoisotopic (exact) mass is 208 g/mol. The molecule has 0 aromatic heterocycles. The molecule has 0 unspecified atom stereocenters. The van der Waals surface area contributed by atoms with E-state index in [4.69, 9.17) is 9.47 Å². The first-order chi connectivity index (χ1) is 7.05. The fraction of sp³-hybridized carbons (Fsp3) is 0.417. The lowest BCUT2D eigenvalue weighted by atomic mass is 10.1. The van der Waals surface area contributed by atoms with Gasteiger partial charge in [-0.2, -0.15) is 0 Å². The topological polar surface area (TPSA) is 35.5 Å². The van der Waals surface area contributed by atoms with Gasteiger partial charge in [0.2, 0.25) is 0 Å². The van der Waals surface area contributed by atoms with E-state index in [0.29, 0.717) is 5.56 Å². The average Bonchev–Trinajstić information content (AvgIpc) is 2.27. The summed E-state index contributed by atoms with van der Waals surface area (Å²) < 4.78 is 10.3. The SMILES string of the molecule is COC(C)(C)COC(=O)c1ccccc1. The van der Waals surface area contributed by atoms with Gasteiger partial charge >= 0.3 is 5.97 Å². The van der Waals surface area contributed by atoms with E-state index < -0.39 is 5.60 Å². The molecule has 1 aromatic carbocycles. The maximum atomic E-state index is 11.5. The fourth-order valence-electron chi connectivity index (χ4n) is 0.956. The van der Waals surface area contributed by atoms with Crippen LogP contribution in [0.1, 0.15) is 24.2 Å². The van der Waals surface area contributed by atoms with Crippen LogP contribution in [0, 0.1) is 0 Å². The van der Waals surface area contributed by atoms with Crippen LogP contribution in [0.25, 0.3) is 0 Å². The van der Waals surface area contributed by atoms with E-state index in [1.165, 1.54) is 0 Å². The van der Waals surface area contributed by atoms with Gasteiger partial charge in [0, 0.05) is 7.11 Å². The summed E-state index contributed by atoms with van der Waals surface area (Å²) in [5, 5.41) is 0. The number of carbonyl (C=O) groups excluding carboxylic acids is 1. The fourth-order valence-corrected chi connectivity index (χ4v) is 0.956. The second-order valence-corrected chi connectivity index (χ2v) is 3.91. The van der Waals surface area contributed by atoms with Crippen LogP contribution in [0.15, 0.2) is 30.3 Å². The molecule has 3 heteroatoms. The third-order valence-corrected chi connectivity index (χ3v) is 2.11. The van der Waals surface area contributed by atoms with E-state index in [9.17, 15) is 4.79 Å². The van der Waals surface area contributed by atoms with E-state index in [0.717, 1.165) is 0 Å². The maximum absolute atomic E-state index is 11.5. The van der Waals surface area contributed by atoms with Gasteiger partial charge in [-0.1, -0.05) is 18.2 Å². The van der Waals surface area contributed by atoms with Crippen LogP contribution in [0.2, 0.25) is 0 Å². The van der Waals surface area contributed by atoms with E-state index >= 15 is 0 Å². The highest BCUT2D eigenvalue weighted by Crippen LogP contribution is 2.09. The maximum Gasteiger partial charge on any atom is 0.338 e. The molecule has 0 spiro atoms. The molecular weight excluding hydrogens is 192 g/mol. The highest BCUT2D eigenvalue weighted by atomic mass is 16.6. The lowest BCUT2D eigenvalue weighted by molar-refractivity contribution is -0.0371. The summed E-state index contributed by atoms with van der Waals surface area (Å²) in [7, 11) is 1.59. The molecule has 3 nitrogen and oxygen atoms in total. The minimum Gasteiger partial charge on any atom is -0.459 e. The van der Waals surface area contributed by atoms with Crippen LogP contribution in [-0.2, 0) is 9.47 Å². The zero-order valence-corrected chi connectivity index (χ0v) is 9.32. The minimum absolute atomic E-state index is 0.247. The van der Waals surface area contributed by atoms with Crippen LogP contribution < -0.4 is 0 Å². The number of esters is 1. The summed E-state index contributed by atoms with van der Waals surface area (Å²) in [5.74, 6) is -0.319. The van der Waals surface area contributed by atoms with Crippen molar-refractivity contribution in [3.63, 3.8) is 0 Å². The summed E-state index contributed by atoms with van der Waals surface area (Å²) >= 11 is 0. The normalized spacial score (nSPS) is 11.1. The van der Waals surface area contributed by atoms with Crippen LogP contribution in [0.3, 0.4) is 0 Å². The summed E-state index contributed by atoms with van der Waals surface area (Å²) in [5.41, 5.74) is 0.120. The van der Waals surface area contributed by atoms with Gasteiger partial charge in [-0.3, -0.25) is 0 Å². The lowest BCUT2D eigenvalue weighted by Crippen LogP contribution is -2.30. The molecular formula is C12H16O3. The average molecular weight is 208 g/mol. The van der Waals surface area contributed by atoms with E-state index in [1.54, 1.807) is 31.4 Å². The molecule has 0 aliphatic heterocycles. The van der Waals surface area contributed by atoms with Crippen molar-refractivity contribution in [2.45, 2.75) is 19.4 Å². The zero-order valence-electron chi connectivity index (χ0n) is 9.32. The van der Waals surface area contributed by atoms with Gasteiger partial charge < -0.3 is 9.47 Å². The Morgan fingerprint density at radius 1 is 1.27 bits per heavy atom. The van der Waals surface area contributed by atoms with Crippen LogP contribution in [0.4, 0.5) is 0 Å². The van der Waals surface area contributed by atoms with Crippen molar-refractivity contribution in [3.05, 3.63) is 35.9 Å². The predicted octanol–water partition coefficient (Wildman–Crippen LogP) is 2.27. The molecule has 1 rings (SSSR count). The molecule has 0 aliphatic carbocycles. The Balaban J connectivity index is 2.51. The third-order valence-electron chi connectivity index (χ3n) is 2.11. The van der Waals surface area contributed by atoms with Gasteiger partial charge in [-0.15, -0.1) is 0 Å². The van der Waals surface area contributed by atoms with Crippen LogP contribution in [0.5, 0.6) is 0 Å². The van der Waals surface area contributed by atoms with Crippen molar-refractivity contribution >= 4 is 5.97 Å². The van der Waals surface area contributed by atoms with Gasteiger partial charge in [0.25, 0.3) is 0 Å². The summed E-state index contributed by atoms with van der Waals surface area (Å²) in [6.07, 6.45) is 0. The first-order valence-corrected chi connectivity index (χ1v) is 4.82. The second-order valence-electron chi connectivity index (χ2n) is 3.91. The standard InChI is InChI=1S/C12H16O3/c1-12(2,14-3)9-15-11(13)10-7-5-4-6-8-10/h4-8H,9H2,1-3H3. The van der Waals surface area contributed by atoms with Gasteiger partial charge in [0.15, 0.2) is 0 Å². The number of hydrogen-bond acceptors (Lipinski definition) is 3. The molecule has 15 heavy (non-hydrogen) atoms. The number of rotatable bonds is 4. The summed E-state index contributed by atoms with van der Waals surface area (Å²) in [6, 6.07) is 8.91. The van der Waals surface area contributed by atoms with Crippen LogP contribution in [-0.4, -0.2) is 25.3 Å². The molecule has 0 fully saturated rings. The molecule has 0 heterocycles. The summed E-state index contributed by atoms with van der Waals surface area (Å²) in [4.78, 5) is 11.5. The molecule has 0 atom stereocenters. The largest absolute Gasteiger partial charge is 0.459 e. The van der Waals surface area contributed by atoms with Gasteiger partial charge in [-0.25, -0.2) is 4.79 Å². The molecule has 0 bridgehead atoms. The minimum atomic E-state index is -0.440. The summed E-state index contributed by atoms with van der Waals surface area (Å²) in [6.45, 7) is 3.98. The first-order valence-electron chi connectivity index (χ1n) is 4.82. The third kappa shape index (κ3) is 3.72. The van der Waals surface area contributed by atoms with Crippen molar-refractivity contribution in [3.8, 4) is 0 Å². The predicted molar refractivity (Wildman–Crippen MR) is 57.8 cm³/mol. The molecule has 0 saturated carbocycles. The Bertz CT molecular complexity index is 317. The molecule has 0 N–H and O–H groups in total. The number of ether oxygens (including phenoxy) is 2. The van der Waals surface area contributed by atoms with Crippen molar-refractivity contribution in [1.82, 2.24) is 0 Å². The Labute approximate surface area is 90.0 Å². The molecule has 0 amide bonds. The van der Waals surface area contributed by atoms with Crippen molar-refractivity contribution in [2.24, 2.45) is 0 Å². The van der Waals surface area contributed by atoms with E-state index in [-0.39, 0.29) is 12.6 Å². The first kappa shape index (κ1) is 11.7. The van der Waals surface area contributed by atoms with Gasteiger partial charge in [-0.05, 0) is 26.0 Å². The number of carbonyl (C=O) groups is 1. The Morgan fingerprint density at radius 2 is 1.87 bits per heavy atom. The van der Waals surface area contributed by atoms with E-state index in [1.807, 2.05) is 19.9 Å². The number of hydrogen-bond donors (Lipinski definition) is 0. The van der Waals surface area contributed by atoms with Crippen molar-refractivity contribution < 1.29 is 14.3 Å². The van der Waals surface area contributed by atoms with Gasteiger partial charge in [0.05, 0.1) is 11.2 Å². The Kier molecular flexibility index (Phi) is 3.86. The molecule has 82 valence electrons. The molecule has 0 saturated heterocycles. The molecule has 0 radical (unpaired) electrons. The molecule has 0 aliphatic rings. The Morgan fingerprint density at radius 3 is 2.40 bits per heavy atom. The quantitative estimate of drug-likeness (QED) is 0.712.